The molecule has 59 heavy (non-hydrogen) atoms. The average molecular weight is 872 g/mol. The Morgan fingerprint density at radius 1 is 0.475 bits per heavy atom. The molecular formula is C37H85N5O17. The van der Waals surface area contributed by atoms with E-state index in [1.165, 1.54) is 0 Å². The SMILES string of the molecule is CC(=O)[O-].CCC(O)C(=O)[O-].C[N+](C)(C)CCO.C[N+](C)(C)CCO.C[N+](C)(C)CCO.C[N+](C)(C)CCO.C[N+](C)(C)CCO.O=C([O-])CC(O)(CC(=O)[O-])C(=O)[O-]. The van der Waals surface area contributed by atoms with E-state index in [0.29, 0.717) is 0 Å². The number of aliphatic carboxylic acids is 5. The van der Waals surface area contributed by atoms with Gasteiger partial charge in [-0.25, -0.2) is 0 Å². The van der Waals surface area contributed by atoms with Gasteiger partial charge in [-0.15, -0.1) is 0 Å². The molecule has 22 nitrogen and oxygen atoms in total. The van der Waals surface area contributed by atoms with E-state index in [1.54, 1.807) is 6.92 Å². The third-order valence-corrected chi connectivity index (χ3v) is 5.77. The maximum absolute atomic E-state index is 10.1. The summed E-state index contributed by atoms with van der Waals surface area (Å²) in [6, 6.07) is 0. The summed E-state index contributed by atoms with van der Waals surface area (Å²) in [7, 11) is 30.8. The van der Waals surface area contributed by atoms with Crippen molar-refractivity contribution in [2.75, 3.05) is 171 Å². The Morgan fingerprint density at radius 3 is 0.678 bits per heavy atom. The number of aliphatic hydroxyl groups is 7. The van der Waals surface area contributed by atoms with E-state index in [-0.39, 0.29) is 39.5 Å². The zero-order chi connectivity index (χ0) is 49.7. The summed E-state index contributed by atoms with van der Waals surface area (Å²) >= 11 is 0. The second-order valence-electron chi connectivity index (χ2n) is 17.8. The van der Waals surface area contributed by atoms with Crippen molar-refractivity contribution in [3.8, 4) is 0 Å². The van der Waals surface area contributed by atoms with Crippen molar-refractivity contribution < 1.29 is 108 Å². The average Bonchev–Trinajstić information content (AvgIpc) is 2.94. The molecular weight excluding hydrogens is 786 g/mol. The van der Waals surface area contributed by atoms with Gasteiger partial charge >= 0.3 is 0 Å². The standard InChI is InChI=1S/C6H8O7.5C5H14NO.C4H8O3.C2H4O2/c7-3(8)1-6(13,5(11)12)2-4(9)10;5*1-6(2,3)4-5-7;1-2-3(5)4(6)7;1-2(3)4/h13H,1-2H2,(H,7,8)(H,9,10)(H,11,12);5*7H,4-5H2,1-3H3;3,5H,2H2,1H3,(H,6,7);1H3,(H,3,4)/q;5*+1;;/p-5. The van der Waals surface area contributed by atoms with E-state index in [2.05, 4.69) is 106 Å². The predicted molar refractivity (Wildman–Crippen MR) is 211 cm³/mol. The number of carboxylic acid groups (broad SMARTS) is 5. The highest BCUT2D eigenvalue weighted by Crippen LogP contribution is 2.13. The van der Waals surface area contributed by atoms with Gasteiger partial charge in [0.05, 0.1) is 157 Å². The third kappa shape index (κ3) is 102. The summed E-state index contributed by atoms with van der Waals surface area (Å²) in [4.78, 5) is 48.5. The number of hydrogen-bond acceptors (Lipinski definition) is 17. The number of carbonyl (C=O) groups is 5. The zero-order valence-electron chi connectivity index (χ0n) is 39.2. The molecule has 0 aliphatic carbocycles. The topological polar surface area (TPSA) is 342 Å². The zero-order valence-corrected chi connectivity index (χ0v) is 39.2. The molecule has 1 atom stereocenters. The molecule has 360 valence electrons. The molecule has 1 unspecified atom stereocenters. The molecule has 7 N–H and O–H groups in total. The molecule has 0 aromatic heterocycles. The summed E-state index contributed by atoms with van der Waals surface area (Å²) in [6.45, 7) is 8.12. The van der Waals surface area contributed by atoms with E-state index in [0.717, 1.165) is 62.1 Å². The van der Waals surface area contributed by atoms with Crippen LogP contribution in [0.3, 0.4) is 0 Å². The molecule has 0 saturated carbocycles. The molecule has 0 radical (unpaired) electrons. The number of rotatable bonds is 17. The van der Waals surface area contributed by atoms with E-state index in [1.807, 2.05) is 0 Å². The molecule has 0 aliphatic heterocycles. The van der Waals surface area contributed by atoms with Crippen LogP contribution >= 0.6 is 0 Å². The van der Waals surface area contributed by atoms with Gasteiger partial charge in [0.15, 0.2) is 0 Å². The number of quaternary nitrogens is 5. The van der Waals surface area contributed by atoms with Crippen LogP contribution in [0.15, 0.2) is 0 Å². The summed E-state index contributed by atoms with van der Waals surface area (Å²) < 4.78 is 4.22. The maximum atomic E-state index is 10.1. The van der Waals surface area contributed by atoms with Gasteiger partial charge in [-0.05, 0) is 13.3 Å². The summed E-state index contributed by atoms with van der Waals surface area (Å²) in [6.07, 6.45) is -3.80. The number of nitrogens with zero attached hydrogens (tertiary/aromatic N) is 5. The van der Waals surface area contributed by atoms with Crippen molar-refractivity contribution in [2.24, 2.45) is 0 Å². The largest absolute Gasteiger partial charge is 0.550 e. The van der Waals surface area contributed by atoms with E-state index in [9.17, 15) is 39.6 Å². The second-order valence-corrected chi connectivity index (χ2v) is 17.8. The summed E-state index contributed by atoms with van der Waals surface area (Å²) in [5, 5.41) is 108. The first kappa shape index (κ1) is 73.4. The van der Waals surface area contributed by atoms with Gasteiger partial charge in [-0.2, -0.15) is 0 Å². The molecule has 0 rings (SSSR count). The molecule has 0 bridgehead atoms. The van der Waals surface area contributed by atoms with Crippen molar-refractivity contribution in [3.05, 3.63) is 0 Å². The fourth-order valence-corrected chi connectivity index (χ4v) is 2.35. The van der Waals surface area contributed by atoms with Crippen LogP contribution in [-0.4, -0.2) is 271 Å². The number of carboxylic acids is 5. The van der Waals surface area contributed by atoms with Crippen molar-refractivity contribution >= 4 is 29.8 Å². The van der Waals surface area contributed by atoms with Crippen LogP contribution < -0.4 is 25.5 Å². The Bertz CT molecular complexity index is 933. The Labute approximate surface area is 353 Å². The highest BCUT2D eigenvalue weighted by atomic mass is 16.4. The normalized spacial score (nSPS) is 11.5. The lowest BCUT2D eigenvalue weighted by atomic mass is 9.96. The first-order valence-electron chi connectivity index (χ1n) is 18.5. The van der Waals surface area contributed by atoms with Crippen LogP contribution in [0.2, 0.25) is 0 Å². The lowest BCUT2D eigenvalue weighted by Gasteiger charge is -2.29. The number of hydrogen-bond donors (Lipinski definition) is 7. The first-order chi connectivity index (χ1) is 26.0. The molecule has 0 spiro atoms. The maximum Gasteiger partial charge on any atom is 0.114 e. The first-order valence-corrected chi connectivity index (χ1v) is 18.5. The molecule has 22 heteroatoms. The lowest BCUT2D eigenvalue weighted by Crippen LogP contribution is -2.54. The molecule has 0 heterocycles. The van der Waals surface area contributed by atoms with Crippen LogP contribution in [0.25, 0.3) is 0 Å². The van der Waals surface area contributed by atoms with E-state index < -0.39 is 54.4 Å². The molecule has 0 amide bonds. The highest BCUT2D eigenvalue weighted by Gasteiger charge is 2.29. The van der Waals surface area contributed by atoms with Gasteiger partial charge in [0, 0.05) is 30.7 Å². The van der Waals surface area contributed by atoms with Crippen molar-refractivity contribution in [2.45, 2.75) is 44.8 Å². The van der Waals surface area contributed by atoms with E-state index in [4.69, 9.17) is 45.6 Å². The van der Waals surface area contributed by atoms with Crippen LogP contribution in [-0.2, 0) is 24.0 Å². The number of aliphatic hydroxyl groups excluding tert-OH is 6. The third-order valence-electron chi connectivity index (χ3n) is 5.77. The van der Waals surface area contributed by atoms with Crippen molar-refractivity contribution in [1.29, 1.82) is 0 Å². The number of carbonyl (C=O) groups excluding carboxylic acids is 5. The van der Waals surface area contributed by atoms with Crippen molar-refractivity contribution in [3.63, 3.8) is 0 Å². The minimum absolute atomic E-state index is 0.211. The number of likely N-dealkylation sites (N-methyl/N-ethyl adjacent to an activating group) is 5. The summed E-state index contributed by atoms with van der Waals surface area (Å²) in [5.74, 6) is -8.47. The van der Waals surface area contributed by atoms with E-state index >= 15 is 0 Å². The minimum Gasteiger partial charge on any atom is -0.550 e. The fraction of sp³-hybridized carbons (Fsp3) is 0.865. The minimum atomic E-state index is -2.97. The van der Waals surface area contributed by atoms with Gasteiger partial charge in [0.25, 0.3) is 0 Å². The Hall–Kier alpha value is -3.13. The van der Waals surface area contributed by atoms with Crippen molar-refractivity contribution in [1.82, 2.24) is 0 Å². The van der Waals surface area contributed by atoms with Gasteiger partial charge < -0.3 is 108 Å². The Balaban J connectivity index is -0.0000000857. The Morgan fingerprint density at radius 2 is 0.644 bits per heavy atom. The van der Waals surface area contributed by atoms with Gasteiger partial charge in [0.1, 0.15) is 38.3 Å². The van der Waals surface area contributed by atoms with Gasteiger partial charge in [-0.1, -0.05) is 6.92 Å². The van der Waals surface area contributed by atoms with Crippen LogP contribution in [0, 0.1) is 0 Å². The second kappa shape index (κ2) is 39.0. The van der Waals surface area contributed by atoms with Crippen LogP contribution in [0.4, 0.5) is 0 Å². The molecule has 0 aromatic carbocycles. The highest BCUT2D eigenvalue weighted by molar-refractivity contribution is 5.86. The fourth-order valence-electron chi connectivity index (χ4n) is 2.35. The van der Waals surface area contributed by atoms with Crippen LogP contribution in [0.1, 0.15) is 33.1 Å². The molecule has 0 saturated heterocycles. The monoisotopic (exact) mass is 872 g/mol. The van der Waals surface area contributed by atoms with Gasteiger partial charge in [0.2, 0.25) is 0 Å². The molecule has 0 aromatic rings. The quantitative estimate of drug-likeness (QED) is 0.0667. The van der Waals surface area contributed by atoms with Gasteiger partial charge in [-0.3, -0.25) is 0 Å². The predicted octanol–water partition coefficient (Wildman–Crippen LogP) is -9.56. The Kier molecular flexibility index (Phi) is 48.6. The lowest BCUT2D eigenvalue weighted by molar-refractivity contribution is -0.870. The molecule has 0 aliphatic rings. The summed E-state index contributed by atoms with van der Waals surface area (Å²) in [5.41, 5.74) is -2.97. The van der Waals surface area contributed by atoms with Crippen LogP contribution in [0.5, 0.6) is 0 Å². The molecule has 0 fully saturated rings. The smallest absolute Gasteiger partial charge is 0.114 e.